The standard InChI is InChI=1S/C20H20O3S/c1-4-11-20(14-5-7-15(22-2)8-6-14)13-24-18-12-16(23-3)9-10-17(18)19(20)21/h4-10,12H,1,11,13H2,2-3H3/t20-/m1/s1. The summed E-state index contributed by atoms with van der Waals surface area (Å²) in [6.45, 7) is 3.87. The summed E-state index contributed by atoms with van der Waals surface area (Å²) >= 11 is 1.69. The van der Waals surface area contributed by atoms with E-state index in [1.807, 2.05) is 48.5 Å². The number of ketones is 1. The first-order chi connectivity index (χ1) is 11.6. The molecule has 1 atom stereocenters. The Bertz CT molecular complexity index is 767. The molecule has 0 N–H and O–H groups in total. The van der Waals surface area contributed by atoms with E-state index in [0.29, 0.717) is 12.2 Å². The van der Waals surface area contributed by atoms with Crippen molar-refractivity contribution in [2.24, 2.45) is 0 Å². The Hall–Kier alpha value is -2.20. The Morgan fingerprint density at radius 3 is 2.42 bits per heavy atom. The second kappa shape index (κ2) is 6.73. The van der Waals surface area contributed by atoms with Crippen LogP contribution in [0.3, 0.4) is 0 Å². The van der Waals surface area contributed by atoms with Crippen LogP contribution in [0, 0.1) is 0 Å². The number of hydrogen-bond donors (Lipinski definition) is 0. The molecule has 2 aromatic carbocycles. The second-order valence-electron chi connectivity index (χ2n) is 5.78. The molecule has 24 heavy (non-hydrogen) atoms. The number of carbonyl (C=O) groups is 1. The van der Waals surface area contributed by atoms with Gasteiger partial charge in [-0.15, -0.1) is 18.3 Å². The molecule has 0 aliphatic carbocycles. The fourth-order valence-corrected chi connectivity index (χ4v) is 4.43. The average Bonchev–Trinajstić information content (AvgIpc) is 2.64. The maximum absolute atomic E-state index is 13.3. The van der Waals surface area contributed by atoms with Gasteiger partial charge in [0.2, 0.25) is 0 Å². The van der Waals surface area contributed by atoms with Gasteiger partial charge in [0.1, 0.15) is 11.5 Å². The minimum Gasteiger partial charge on any atom is -0.497 e. The zero-order valence-corrected chi connectivity index (χ0v) is 14.7. The fraction of sp³-hybridized carbons (Fsp3) is 0.250. The van der Waals surface area contributed by atoms with Crippen molar-refractivity contribution in [1.82, 2.24) is 0 Å². The Labute approximate surface area is 146 Å². The van der Waals surface area contributed by atoms with Crippen molar-refractivity contribution >= 4 is 17.5 Å². The molecule has 1 heterocycles. The van der Waals surface area contributed by atoms with Crippen molar-refractivity contribution < 1.29 is 14.3 Å². The molecule has 3 rings (SSSR count). The molecule has 0 unspecified atom stereocenters. The van der Waals surface area contributed by atoms with Crippen molar-refractivity contribution in [1.29, 1.82) is 0 Å². The monoisotopic (exact) mass is 340 g/mol. The van der Waals surface area contributed by atoms with E-state index in [4.69, 9.17) is 9.47 Å². The van der Waals surface area contributed by atoms with Crippen molar-refractivity contribution in [2.75, 3.05) is 20.0 Å². The molecule has 0 aromatic heterocycles. The van der Waals surface area contributed by atoms with Crippen LogP contribution >= 0.6 is 11.8 Å². The van der Waals surface area contributed by atoms with E-state index in [9.17, 15) is 4.79 Å². The van der Waals surface area contributed by atoms with Crippen LogP contribution in [0.1, 0.15) is 22.3 Å². The molecule has 1 aliphatic rings. The fourth-order valence-electron chi connectivity index (χ4n) is 3.10. The maximum atomic E-state index is 13.3. The molecule has 0 spiro atoms. The van der Waals surface area contributed by atoms with Crippen molar-refractivity contribution in [3.63, 3.8) is 0 Å². The Morgan fingerprint density at radius 1 is 1.12 bits per heavy atom. The van der Waals surface area contributed by atoms with Gasteiger partial charge in [0.05, 0.1) is 19.6 Å². The summed E-state index contributed by atoms with van der Waals surface area (Å²) in [5.41, 5.74) is 1.17. The Balaban J connectivity index is 2.07. The van der Waals surface area contributed by atoms with Gasteiger partial charge in [-0.25, -0.2) is 0 Å². The lowest BCUT2D eigenvalue weighted by Gasteiger charge is -2.36. The Kier molecular flexibility index (Phi) is 4.67. The second-order valence-corrected chi connectivity index (χ2v) is 6.80. The lowest BCUT2D eigenvalue weighted by molar-refractivity contribution is 0.0894. The molecule has 2 aromatic rings. The van der Waals surface area contributed by atoms with Gasteiger partial charge in [-0.1, -0.05) is 18.2 Å². The highest BCUT2D eigenvalue weighted by atomic mass is 32.2. The van der Waals surface area contributed by atoms with E-state index in [-0.39, 0.29) is 5.78 Å². The molecule has 124 valence electrons. The molecule has 0 fully saturated rings. The van der Waals surface area contributed by atoms with Crippen LogP contribution in [0.4, 0.5) is 0 Å². The number of methoxy groups -OCH3 is 2. The predicted molar refractivity (Wildman–Crippen MR) is 97.5 cm³/mol. The number of allylic oxidation sites excluding steroid dienone is 1. The minimum atomic E-state index is -0.583. The molecular formula is C20H20O3S. The largest absolute Gasteiger partial charge is 0.497 e. The number of ether oxygens (including phenoxy) is 2. The van der Waals surface area contributed by atoms with Gasteiger partial charge in [-0.2, -0.15) is 0 Å². The zero-order chi connectivity index (χ0) is 17.2. The van der Waals surface area contributed by atoms with Gasteiger partial charge in [0.25, 0.3) is 0 Å². The van der Waals surface area contributed by atoms with Crippen LogP contribution in [0.15, 0.2) is 60.0 Å². The maximum Gasteiger partial charge on any atom is 0.175 e. The summed E-state index contributed by atoms with van der Waals surface area (Å²) in [7, 11) is 3.27. The quantitative estimate of drug-likeness (QED) is 0.751. The van der Waals surface area contributed by atoms with Crippen molar-refractivity contribution in [3.05, 3.63) is 66.2 Å². The molecule has 4 heteroatoms. The summed E-state index contributed by atoms with van der Waals surface area (Å²) in [6, 6.07) is 13.4. The zero-order valence-electron chi connectivity index (χ0n) is 13.9. The topological polar surface area (TPSA) is 35.5 Å². The molecular weight excluding hydrogens is 320 g/mol. The van der Waals surface area contributed by atoms with Crippen molar-refractivity contribution in [2.45, 2.75) is 16.7 Å². The normalized spacial score (nSPS) is 19.5. The summed E-state index contributed by atoms with van der Waals surface area (Å²) in [6.07, 6.45) is 2.44. The number of rotatable bonds is 5. The van der Waals surface area contributed by atoms with E-state index in [1.165, 1.54) is 0 Å². The highest BCUT2D eigenvalue weighted by Gasteiger charge is 2.43. The minimum absolute atomic E-state index is 0.143. The van der Waals surface area contributed by atoms with E-state index < -0.39 is 5.41 Å². The van der Waals surface area contributed by atoms with Gasteiger partial charge in [-0.05, 0) is 42.3 Å². The third-order valence-electron chi connectivity index (χ3n) is 4.48. The number of carbonyl (C=O) groups excluding carboxylic acids is 1. The Morgan fingerprint density at radius 2 is 1.79 bits per heavy atom. The lowest BCUT2D eigenvalue weighted by atomic mass is 9.73. The van der Waals surface area contributed by atoms with Crippen LogP contribution in [0.25, 0.3) is 0 Å². The number of benzene rings is 2. The van der Waals surface area contributed by atoms with Gasteiger partial charge in [0, 0.05) is 16.2 Å². The number of thioether (sulfide) groups is 1. The molecule has 0 radical (unpaired) electrons. The van der Waals surface area contributed by atoms with Crippen LogP contribution in [-0.4, -0.2) is 25.8 Å². The molecule has 0 saturated heterocycles. The summed E-state index contributed by atoms with van der Waals surface area (Å²) in [5.74, 6) is 2.39. The highest BCUT2D eigenvalue weighted by Crippen LogP contribution is 2.45. The summed E-state index contributed by atoms with van der Waals surface area (Å²) in [4.78, 5) is 14.3. The smallest absolute Gasteiger partial charge is 0.175 e. The average molecular weight is 340 g/mol. The van der Waals surface area contributed by atoms with Crippen molar-refractivity contribution in [3.8, 4) is 11.5 Å². The van der Waals surface area contributed by atoms with E-state index >= 15 is 0 Å². The van der Waals surface area contributed by atoms with E-state index in [1.54, 1.807) is 26.0 Å². The van der Waals surface area contributed by atoms with Gasteiger partial charge < -0.3 is 9.47 Å². The molecule has 3 nitrogen and oxygen atoms in total. The first-order valence-electron chi connectivity index (χ1n) is 7.75. The third kappa shape index (κ3) is 2.71. The summed E-state index contributed by atoms with van der Waals surface area (Å²) < 4.78 is 10.5. The SMILES string of the molecule is C=CC[C@]1(c2ccc(OC)cc2)CSc2cc(OC)ccc2C1=O. The highest BCUT2D eigenvalue weighted by molar-refractivity contribution is 7.99. The lowest BCUT2D eigenvalue weighted by Crippen LogP contribution is -2.40. The van der Waals surface area contributed by atoms with Gasteiger partial charge in [0.15, 0.2) is 5.78 Å². The predicted octanol–water partition coefficient (Wildman–Crippen LogP) is 4.51. The van der Waals surface area contributed by atoms with Crippen LogP contribution in [0.5, 0.6) is 11.5 Å². The summed E-state index contributed by atoms with van der Waals surface area (Å²) in [5, 5.41) is 0. The van der Waals surface area contributed by atoms with Crippen LogP contribution in [-0.2, 0) is 5.41 Å². The van der Waals surface area contributed by atoms with E-state index in [0.717, 1.165) is 27.5 Å². The third-order valence-corrected chi connectivity index (χ3v) is 5.76. The van der Waals surface area contributed by atoms with E-state index in [2.05, 4.69) is 6.58 Å². The molecule has 0 amide bonds. The van der Waals surface area contributed by atoms with Crippen LogP contribution in [0.2, 0.25) is 0 Å². The molecule has 0 bridgehead atoms. The number of hydrogen-bond acceptors (Lipinski definition) is 4. The molecule has 1 aliphatic heterocycles. The molecule has 0 saturated carbocycles. The first kappa shape index (κ1) is 16.7. The van der Waals surface area contributed by atoms with Gasteiger partial charge in [-0.3, -0.25) is 4.79 Å². The van der Waals surface area contributed by atoms with Gasteiger partial charge >= 0.3 is 0 Å². The van der Waals surface area contributed by atoms with Crippen LogP contribution < -0.4 is 9.47 Å². The first-order valence-corrected chi connectivity index (χ1v) is 8.74. The number of fused-ring (bicyclic) bond motifs is 1. The number of Topliss-reactive ketones (excluding diaryl/α,β-unsaturated/α-hetero) is 1.